The van der Waals surface area contributed by atoms with Gasteiger partial charge < -0.3 is 10.2 Å². The number of anilines is 1. The first kappa shape index (κ1) is 14.3. The molecule has 0 aromatic carbocycles. The SMILES string of the molecule is CCCCN(c1ncc(CNCCC)cn1)C1CC1. The molecule has 4 heteroatoms. The van der Waals surface area contributed by atoms with Crippen LogP contribution >= 0.6 is 0 Å². The zero-order valence-electron chi connectivity index (χ0n) is 12.2. The molecule has 106 valence electrons. The normalized spacial score (nSPS) is 14.6. The van der Waals surface area contributed by atoms with E-state index in [0.29, 0.717) is 6.04 Å². The summed E-state index contributed by atoms with van der Waals surface area (Å²) in [5.41, 5.74) is 1.17. The van der Waals surface area contributed by atoms with Gasteiger partial charge in [0, 0.05) is 37.1 Å². The van der Waals surface area contributed by atoms with Gasteiger partial charge in [-0.2, -0.15) is 0 Å². The Balaban J connectivity index is 1.91. The van der Waals surface area contributed by atoms with Crippen LogP contribution in [0.3, 0.4) is 0 Å². The van der Waals surface area contributed by atoms with E-state index in [9.17, 15) is 0 Å². The predicted molar refractivity (Wildman–Crippen MR) is 79.3 cm³/mol. The van der Waals surface area contributed by atoms with Gasteiger partial charge in [0.15, 0.2) is 0 Å². The van der Waals surface area contributed by atoms with E-state index in [0.717, 1.165) is 32.0 Å². The second-order valence-electron chi connectivity index (χ2n) is 5.35. The van der Waals surface area contributed by atoms with Gasteiger partial charge >= 0.3 is 0 Å². The van der Waals surface area contributed by atoms with Crippen molar-refractivity contribution in [2.24, 2.45) is 0 Å². The summed E-state index contributed by atoms with van der Waals surface area (Å²) in [4.78, 5) is 11.5. The van der Waals surface area contributed by atoms with Crippen LogP contribution in [0.2, 0.25) is 0 Å². The van der Waals surface area contributed by atoms with Gasteiger partial charge in [-0.3, -0.25) is 0 Å². The molecule has 0 bridgehead atoms. The molecule has 4 nitrogen and oxygen atoms in total. The molecule has 1 fully saturated rings. The zero-order valence-corrected chi connectivity index (χ0v) is 12.2. The summed E-state index contributed by atoms with van der Waals surface area (Å²) in [6.07, 6.45) is 10.1. The fourth-order valence-electron chi connectivity index (χ4n) is 2.16. The van der Waals surface area contributed by atoms with Crippen LogP contribution in [0.5, 0.6) is 0 Å². The van der Waals surface area contributed by atoms with Gasteiger partial charge in [0.1, 0.15) is 0 Å². The third kappa shape index (κ3) is 4.46. The molecule has 0 atom stereocenters. The van der Waals surface area contributed by atoms with E-state index in [2.05, 4.69) is 34.0 Å². The summed E-state index contributed by atoms with van der Waals surface area (Å²) >= 11 is 0. The zero-order chi connectivity index (χ0) is 13.5. The number of aromatic nitrogens is 2. The van der Waals surface area contributed by atoms with E-state index >= 15 is 0 Å². The van der Waals surface area contributed by atoms with E-state index in [1.807, 2.05) is 12.4 Å². The van der Waals surface area contributed by atoms with Crippen LogP contribution in [-0.2, 0) is 6.54 Å². The van der Waals surface area contributed by atoms with E-state index in [-0.39, 0.29) is 0 Å². The summed E-state index contributed by atoms with van der Waals surface area (Å²) in [5.74, 6) is 0.912. The van der Waals surface area contributed by atoms with Crippen LogP contribution in [0.25, 0.3) is 0 Å². The van der Waals surface area contributed by atoms with E-state index in [1.54, 1.807) is 0 Å². The maximum Gasteiger partial charge on any atom is 0.225 e. The molecule has 1 aliphatic carbocycles. The summed E-state index contributed by atoms with van der Waals surface area (Å²) in [6, 6.07) is 0.690. The van der Waals surface area contributed by atoms with Crippen molar-refractivity contribution in [2.45, 2.75) is 58.5 Å². The van der Waals surface area contributed by atoms with Crippen molar-refractivity contribution in [1.82, 2.24) is 15.3 Å². The molecule has 1 aliphatic rings. The fraction of sp³-hybridized carbons (Fsp3) is 0.733. The van der Waals surface area contributed by atoms with Crippen molar-refractivity contribution in [3.63, 3.8) is 0 Å². The van der Waals surface area contributed by atoms with E-state index in [1.165, 1.54) is 31.2 Å². The monoisotopic (exact) mass is 262 g/mol. The standard InChI is InChI=1S/C15H26N4/c1-3-5-9-19(14-6-7-14)15-17-11-13(12-18-15)10-16-8-4-2/h11-12,14,16H,3-10H2,1-2H3. The van der Waals surface area contributed by atoms with Crippen molar-refractivity contribution in [3.05, 3.63) is 18.0 Å². The largest absolute Gasteiger partial charge is 0.338 e. The minimum absolute atomic E-state index is 0.690. The molecule has 0 radical (unpaired) electrons. The number of nitrogens with zero attached hydrogens (tertiary/aromatic N) is 3. The lowest BCUT2D eigenvalue weighted by Gasteiger charge is -2.22. The Kier molecular flexibility index (Phi) is 5.58. The third-order valence-electron chi connectivity index (χ3n) is 3.44. The lowest BCUT2D eigenvalue weighted by Crippen LogP contribution is -2.28. The molecular weight excluding hydrogens is 236 g/mol. The lowest BCUT2D eigenvalue weighted by molar-refractivity contribution is 0.666. The second-order valence-corrected chi connectivity index (χ2v) is 5.35. The number of hydrogen-bond acceptors (Lipinski definition) is 4. The molecule has 0 saturated heterocycles. The second kappa shape index (κ2) is 7.43. The van der Waals surface area contributed by atoms with Crippen LogP contribution in [0.1, 0.15) is 51.5 Å². The average molecular weight is 262 g/mol. The lowest BCUT2D eigenvalue weighted by atomic mass is 10.3. The quantitative estimate of drug-likeness (QED) is 0.695. The fourth-order valence-corrected chi connectivity index (χ4v) is 2.16. The molecule has 0 aliphatic heterocycles. The Hall–Kier alpha value is -1.16. The molecule has 0 unspecified atom stereocenters. The van der Waals surface area contributed by atoms with Gasteiger partial charge in [-0.15, -0.1) is 0 Å². The first-order valence-electron chi connectivity index (χ1n) is 7.63. The third-order valence-corrected chi connectivity index (χ3v) is 3.44. The van der Waals surface area contributed by atoms with Crippen LogP contribution in [0, 0.1) is 0 Å². The topological polar surface area (TPSA) is 41.1 Å². The van der Waals surface area contributed by atoms with Crippen molar-refractivity contribution in [1.29, 1.82) is 0 Å². The van der Waals surface area contributed by atoms with Gasteiger partial charge in [0.25, 0.3) is 0 Å². The summed E-state index contributed by atoms with van der Waals surface area (Å²) < 4.78 is 0. The first-order chi connectivity index (χ1) is 9.35. The van der Waals surface area contributed by atoms with Crippen molar-refractivity contribution >= 4 is 5.95 Å². The minimum Gasteiger partial charge on any atom is -0.338 e. The maximum absolute atomic E-state index is 4.55. The Labute approximate surface area is 116 Å². The molecule has 0 spiro atoms. The Morgan fingerprint density at radius 1 is 1.21 bits per heavy atom. The van der Waals surface area contributed by atoms with Crippen LogP contribution in [0.4, 0.5) is 5.95 Å². The molecule has 1 N–H and O–H groups in total. The summed E-state index contributed by atoms with van der Waals surface area (Å²) in [7, 11) is 0. The predicted octanol–water partition coefficient (Wildman–Crippen LogP) is 2.75. The van der Waals surface area contributed by atoms with Crippen molar-refractivity contribution in [2.75, 3.05) is 18.0 Å². The molecule has 1 heterocycles. The molecule has 1 saturated carbocycles. The molecule has 1 aromatic heterocycles. The van der Waals surface area contributed by atoms with Gasteiger partial charge in [0.2, 0.25) is 5.95 Å². The molecule has 19 heavy (non-hydrogen) atoms. The highest BCUT2D eigenvalue weighted by molar-refractivity contribution is 5.34. The van der Waals surface area contributed by atoms with Gasteiger partial charge in [-0.25, -0.2) is 9.97 Å². The summed E-state index contributed by atoms with van der Waals surface area (Å²) in [6.45, 7) is 7.41. The highest BCUT2D eigenvalue weighted by Crippen LogP contribution is 2.29. The average Bonchev–Trinajstić information content (AvgIpc) is 3.26. The van der Waals surface area contributed by atoms with Crippen LogP contribution < -0.4 is 10.2 Å². The maximum atomic E-state index is 4.55. The van der Waals surface area contributed by atoms with Crippen LogP contribution in [0.15, 0.2) is 12.4 Å². The van der Waals surface area contributed by atoms with Gasteiger partial charge in [-0.1, -0.05) is 20.3 Å². The van der Waals surface area contributed by atoms with Crippen molar-refractivity contribution in [3.8, 4) is 0 Å². The van der Waals surface area contributed by atoms with Gasteiger partial charge in [-0.05, 0) is 32.2 Å². The molecule has 2 rings (SSSR count). The highest BCUT2D eigenvalue weighted by atomic mass is 15.3. The number of nitrogens with one attached hydrogen (secondary N) is 1. The number of rotatable bonds is 9. The number of hydrogen-bond donors (Lipinski definition) is 1. The van der Waals surface area contributed by atoms with Crippen LogP contribution in [-0.4, -0.2) is 29.1 Å². The number of unbranched alkanes of at least 4 members (excludes halogenated alkanes) is 1. The Bertz CT molecular complexity index is 359. The highest BCUT2D eigenvalue weighted by Gasteiger charge is 2.30. The van der Waals surface area contributed by atoms with Crippen molar-refractivity contribution < 1.29 is 0 Å². The van der Waals surface area contributed by atoms with Gasteiger partial charge in [0.05, 0.1) is 0 Å². The van der Waals surface area contributed by atoms with E-state index < -0.39 is 0 Å². The molecule has 0 amide bonds. The molecule has 1 aromatic rings. The molecular formula is C15H26N4. The van der Waals surface area contributed by atoms with E-state index in [4.69, 9.17) is 0 Å². The summed E-state index contributed by atoms with van der Waals surface area (Å²) in [5, 5.41) is 3.38. The Morgan fingerprint density at radius 3 is 2.53 bits per heavy atom. The first-order valence-corrected chi connectivity index (χ1v) is 7.63. The minimum atomic E-state index is 0.690. The Morgan fingerprint density at radius 2 is 1.95 bits per heavy atom. The smallest absolute Gasteiger partial charge is 0.225 e.